The van der Waals surface area contributed by atoms with Crippen molar-refractivity contribution in [3.8, 4) is 0 Å². The summed E-state index contributed by atoms with van der Waals surface area (Å²) in [7, 11) is 1.63. The van der Waals surface area contributed by atoms with E-state index >= 15 is 0 Å². The molecule has 1 unspecified atom stereocenters. The Balaban J connectivity index is 2.28. The lowest BCUT2D eigenvalue weighted by atomic mass is 10.0. The Morgan fingerprint density at radius 3 is 2.56 bits per heavy atom. The Labute approximate surface area is 149 Å². The second-order valence-corrected chi connectivity index (χ2v) is 6.44. The number of halogens is 2. The van der Waals surface area contributed by atoms with Crippen molar-refractivity contribution < 1.29 is 19.1 Å². The Kier molecular flexibility index (Phi) is 5.79. The summed E-state index contributed by atoms with van der Waals surface area (Å²) in [6.45, 7) is 3.90. The SMILES string of the molecule is CC(C)c1cc(C(=O)NC(CC(=O)O)c2ccc(Cl)c(F)c2)n(C)n1. The molecule has 8 heteroatoms. The Hall–Kier alpha value is -2.41. The lowest BCUT2D eigenvalue weighted by molar-refractivity contribution is -0.137. The number of amides is 1. The fourth-order valence-corrected chi connectivity index (χ4v) is 2.49. The molecular weight excluding hydrogens is 349 g/mol. The zero-order chi connectivity index (χ0) is 18.7. The number of hydrogen-bond acceptors (Lipinski definition) is 3. The van der Waals surface area contributed by atoms with Crippen LogP contribution in [-0.2, 0) is 11.8 Å². The molecule has 134 valence electrons. The van der Waals surface area contributed by atoms with E-state index in [0.29, 0.717) is 11.3 Å². The summed E-state index contributed by atoms with van der Waals surface area (Å²) in [6, 6.07) is 4.70. The van der Waals surface area contributed by atoms with Gasteiger partial charge in [-0.3, -0.25) is 14.3 Å². The molecule has 0 aliphatic carbocycles. The quantitative estimate of drug-likeness (QED) is 0.820. The van der Waals surface area contributed by atoms with Gasteiger partial charge in [0.05, 0.1) is 23.2 Å². The van der Waals surface area contributed by atoms with Crippen LogP contribution in [0.4, 0.5) is 4.39 Å². The molecule has 6 nitrogen and oxygen atoms in total. The van der Waals surface area contributed by atoms with Gasteiger partial charge < -0.3 is 10.4 Å². The van der Waals surface area contributed by atoms with Crippen molar-refractivity contribution in [2.75, 3.05) is 0 Å². The minimum atomic E-state index is -1.12. The monoisotopic (exact) mass is 367 g/mol. The molecule has 0 aliphatic rings. The maximum absolute atomic E-state index is 13.7. The van der Waals surface area contributed by atoms with Gasteiger partial charge in [0.2, 0.25) is 0 Å². The minimum Gasteiger partial charge on any atom is -0.481 e. The number of nitrogens with zero attached hydrogens (tertiary/aromatic N) is 2. The second kappa shape index (κ2) is 7.65. The topological polar surface area (TPSA) is 84.2 Å². The highest BCUT2D eigenvalue weighted by molar-refractivity contribution is 6.30. The first-order valence-corrected chi connectivity index (χ1v) is 8.08. The van der Waals surface area contributed by atoms with Gasteiger partial charge in [-0.15, -0.1) is 0 Å². The number of aryl methyl sites for hydroxylation is 1. The number of aromatic nitrogens is 2. The zero-order valence-corrected chi connectivity index (χ0v) is 14.8. The molecule has 25 heavy (non-hydrogen) atoms. The molecule has 0 aliphatic heterocycles. The van der Waals surface area contributed by atoms with Crippen LogP contribution < -0.4 is 5.32 Å². The molecule has 1 amide bonds. The van der Waals surface area contributed by atoms with Gasteiger partial charge in [-0.25, -0.2) is 4.39 Å². The fraction of sp³-hybridized carbons (Fsp3) is 0.353. The fourth-order valence-electron chi connectivity index (χ4n) is 2.37. The molecule has 2 N–H and O–H groups in total. The molecule has 1 heterocycles. The van der Waals surface area contributed by atoms with Gasteiger partial charge >= 0.3 is 5.97 Å². The molecule has 0 spiro atoms. The van der Waals surface area contributed by atoms with Gasteiger partial charge in [0, 0.05) is 7.05 Å². The summed E-state index contributed by atoms with van der Waals surface area (Å²) in [6.07, 6.45) is -0.387. The van der Waals surface area contributed by atoms with Gasteiger partial charge in [0.25, 0.3) is 5.91 Å². The summed E-state index contributed by atoms with van der Waals surface area (Å²) >= 11 is 5.66. The number of aliphatic carboxylic acids is 1. The standard InChI is InChI=1S/C17H19ClFN3O3/c1-9(2)13-7-15(22(3)21-13)17(25)20-14(8-16(23)24)10-4-5-11(18)12(19)6-10/h4-7,9,14H,8H2,1-3H3,(H,20,25)(H,23,24). The third-order valence-electron chi connectivity index (χ3n) is 3.75. The van der Waals surface area contributed by atoms with Crippen LogP contribution >= 0.6 is 11.6 Å². The third-order valence-corrected chi connectivity index (χ3v) is 4.06. The Morgan fingerprint density at radius 1 is 1.36 bits per heavy atom. The van der Waals surface area contributed by atoms with Crippen molar-refractivity contribution in [3.05, 3.63) is 52.1 Å². The van der Waals surface area contributed by atoms with E-state index in [-0.39, 0.29) is 17.4 Å². The van der Waals surface area contributed by atoms with Crippen molar-refractivity contribution in [3.63, 3.8) is 0 Å². The summed E-state index contributed by atoms with van der Waals surface area (Å²) in [5.41, 5.74) is 1.37. The first-order valence-electron chi connectivity index (χ1n) is 7.70. The van der Waals surface area contributed by atoms with Crippen LogP contribution in [-0.4, -0.2) is 26.8 Å². The van der Waals surface area contributed by atoms with Gasteiger partial charge in [0.1, 0.15) is 11.5 Å². The number of hydrogen-bond donors (Lipinski definition) is 2. The zero-order valence-electron chi connectivity index (χ0n) is 14.1. The molecule has 1 aromatic heterocycles. The minimum absolute atomic E-state index is 0.0719. The third kappa shape index (κ3) is 4.57. The van der Waals surface area contributed by atoms with E-state index < -0.39 is 23.7 Å². The highest BCUT2D eigenvalue weighted by Crippen LogP contribution is 2.23. The van der Waals surface area contributed by atoms with E-state index in [0.717, 1.165) is 11.8 Å². The normalized spacial score (nSPS) is 12.2. The lowest BCUT2D eigenvalue weighted by Crippen LogP contribution is -2.31. The molecule has 0 radical (unpaired) electrons. The van der Waals surface area contributed by atoms with Crippen molar-refractivity contribution >= 4 is 23.5 Å². The Bertz CT molecular complexity index is 804. The highest BCUT2D eigenvalue weighted by Gasteiger charge is 2.22. The van der Waals surface area contributed by atoms with Gasteiger partial charge in [-0.05, 0) is 29.7 Å². The van der Waals surface area contributed by atoms with Crippen LogP contribution in [0, 0.1) is 5.82 Å². The number of rotatable bonds is 6. The molecule has 0 bridgehead atoms. The molecule has 2 rings (SSSR count). The number of benzene rings is 1. The van der Waals surface area contributed by atoms with Crippen LogP contribution in [0.15, 0.2) is 24.3 Å². The number of carboxylic acid groups (broad SMARTS) is 1. The van der Waals surface area contributed by atoms with Crippen molar-refractivity contribution in [2.45, 2.75) is 32.2 Å². The van der Waals surface area contributed by atoms with Gasteiger partial charge in [-0.1, -0.05) is 31.5 Å². The first-order chi connectivity index (χ1) is 11.7. The van der Waals surface area contributed by atoms with Crippen LogP contribution in [0.3, 0.4) is 0 Å². The average molecular weight is 368 g/mol. The predicted octanol–water partition coefficient (Wildman–Crippen LogP) is 3.28. The van der Waals surface area contributed by atoms with E-state index in [1.165, 1.54) is 16.8 Å². The molecular formula is C17H19ClFN3O3. The largest absolute Gasteiger partial charge is 0.481 e. The van der Waals surface area contributed by atoms with E-state index in [2.05, 4.69) is 10.4 Å². The number of carbonyl (C=O) groups is 2. The molecule has 2 aromatic rings. The lowest BCUT2D eigenvalue weighted by Gasteiger charge is -2.17. The summed E-state index contributed by atoms with van der Waals surface area (Å²) in [5, 5.41) is 15.9. The second-order valence-electron chi connectivity index (χ2n) is 6.03. The first kappa shape index (κ1) is 18.9. The summed E-state index contributed by atoms with van der Waals surface area (Å²) in [4.78, 5) is 23.7. The molecule has 0 saturated heterocycles. The van der Waals surface area contributed by atoms with Crippen molar-refractivity contribution in [2.24, 2.45) is 7.05 Å². The van der Waals surface area contributed by atoms with E-state index in [1.54, 1.807) is 13.1 Å². The molecule has 0 saturated carbocycles. The highest BCUT2D eigenvalue weighted by atomic mass is 35.5. The van der Waals surface area contributed by atoms with Crippen LogP contribution in [0.1, 0.15) is 54.0 Å². The van der Waals surface area contributed by atoms with E-state index in [4.69, 9.17) is 16.7 Å². The molecule has 0 fully saturated rings. The number of carbonyl (C=O) groups excluding carboxylic acids is 1. The van der Waals surface area contributed by atoms with Crippen LogP contribution in [0.5, 0.6) is 0 Å². The number of carboxylic acids is 1. The smallest absolute Gasteiger partial charge is 0.305 e. The van der Waals surface area contributed by atoms with Crippen molar-refractivity contribution in [1.82, 2.24) is 15.1 Å². The van der Waals surface area contributed by atoms with Gasteiger partial charge in [0.15, 0.2) is 0 Å². The van der Waals surface area contributed by atoms with E-state index in [9.17, 15) is 14.0 Å². The molecule has 1 aromatic carbocycles. The summed E-state index contributed by atoms with van der Waals surface area (Å²) < 4.78 is 15.1. The maximum Gasteiger partial charge on any atom is 0.305 e. The summed E-state index contributed by atoms with van der Waals surface area (Å²) in [5.74, 6) is -2.13. The average Bonchev–Trinajstić information content (AvgIpc) is 2.91. The number of nitrogens with one attached hydrogen (secondary N) is 1. The van der Waals surface area contributed by atoms with Crippen molar-refractivity contribution in [1.29, 1.82) is 0 Å². The predicted molar refractivity (Wildman–Crippen MR) is 91.2 cm³/mol. The van der Waals surface area contributed by atoms with Crippen LogP contribution in [0.2, 0.25) is 5.02 Å². The maximum atomic E-state index is 13.7. The van der Waals surface area contributed by atoms with Crippen LogP contribution in [0.25, 0.3) is 0 Å². The van der Waals surface area contributed by atoms with E-state index in [1.807, 2.05) is 13.8 Å². The van der Waals surface area contributed by atoms with Gasteiger partial charge in [-0.2, -0.15) is 5.10 Å². The Morgan fingerprint density at radius 2 is 2.04 bits per heavy atom. The molecule has 1 atom stereocenters.